The molecule has 2 aliphatic carbocycles. The van der Waals surface area contributed by atoms with Crippen molar-refractivity contribution in [3.05, 3.63) is 66.1 Å². The van der Waals surface area contributed by atoms with Crippen LogP contribution in [0.15, 0.2) is 54.9 Å². The first-order valence-corrected chi connectivity index (χ1v) is 10.8. The molecule has 1 saturated carbocycles. The topological polar surface area (TPSA) is 75.8 Å². The first-order valence-electron chi connectivity index (χ1n) is 10.8. The predicted octanol–water partition coefficient (Wildman–Crippen LogP) is 5.14. The summed E-state index contributed by atoms with van der Waals surface area (Å²) in [4.78, 5) is 8.29. The number of rotatable bonds is 6. The summed E-state index contributed by atoms with van der Waals surface area (Å²) in [6.45, 7) is 4.32. The number of nitrogens with zero attached hydrogens (tertiary/aromatic N) is 4. The van der Waals surface area contributed by atoms with E-state index in [1.807, 2.05) is 18.2 Å². The van der Waals surface area contributed by atoms with Gasteiger partial charge in [0.05, 0.1) is 16.8 Å². The van der Waals surface area contributed by atoms with Gasteiger partial charge >= 0.3 is 6.01 Å². The van der Waals surface area contributed by atoms with Gasteiger partial charge in [0.15, 0.2) is 0 Å². The normalized spacial score (nSPS) is 18.3. The van der Waals surface area contributed by atoms with Crippen molar-refractivity contribution >= 4 is 16.5 Å². The third-order valence-corrected chi connectivity index (χ3v) is 5.67. The maximum Gasteiger partial charge on any atom is 0.321 e. The summed E-state index contributed by atoms with van der Waals surface area (Å²) in [6.07, 6.45) is 13.1. The zero-order chi connectivity index (χ0) is 21.4. The fourth-order valence-electron chi connectivity index (χ4n) is 4.25. The Hall–Kier alpha value is -3.43. The lowest BCUT2D eigenvalue weighted by molar-refractivity contribution is 0.442. The Morgan fingerprint density at radius 1 is 1.23 bits per heavy atom. The molecule has 1 atom stereocenters. The van der Waals surface area contributed by atoms with Crippen molar-refractivity contribution in [2.24, 2.45) is 0 Å². The van der Waals surface area contributed by atoms with Gasteiger partial charge < -0.3 is 14.6 Å². The molecule has 5 rings (SSSR count). The van der Waals surface area contributed by atoms with Gasteiger partial charge in [-0.25, -0.2) is 9.97 Å². The lowest BCUT2D eigenvalue weighted by atomic mass is 9.97. The van der Waals surface area contributed by atoms with Crippen LogP contribution in [0, 0.1) is 11.3 Å². The molecule has 2 aliphatic rings. The summed E-state index contributed by atoms with van der Waals surface area (Å²) >= 11 is 0. The molecule has 0 aliphatic heterocycles. The van der Waals surface area contributed by atoms with E-state index in [9.17, 15) is 5.26 Å². The molecular formula is C25H25N5O. The van der Waals surface area contributed by atoms with Crippen LogP contribution in [0.5, 0.6) is 11.8 Å². The van der Waals surface area contributed by atoms with Crippen LogP contribution in [0.25, 0.3) is 16.5 Å². The number of hydrogen-bond donors (Lipinski definition) is 1. The molecule has 0 spiro atoms. The molecule has 0 radical (unpaired) electrons. The summed E-state index contributed by atoms with van der Waals surface area (Å²) < 4.78 is 8.20. The van der Waals surface area contributed by atoms with Gasteiger partial charge in [0.1, 0.15) is 11.8 Å². The third kappa shape index (κ3) is 3.85. The molecule has 1 N–H and O–H groups in total. The van der Waals surface area contributed by atoms with Crippen molar-refractivity contribution < 1.29 is 4.74 Å². The van der Waals surface area contributed by atoms with Gasteiger partial charge in [0, 0.05) is 42.0 Å². The van der Waals surface area contributed by atoms with E-state index < -0.39 is 0 Å². The van der Waals surface area contributed by atoms with Crippen molar-refractivity contribution in [3.63, 3.8) is 0 Å². The number of allylic oxidation sites excluding steroid dienone is 2. The average Bonchev–Trinajstić information content (AvgIpc) is 3.56. The molecule has 1 fully saturated rings. The standard InChI is InChI=1S/C25H25N5O/c1-16(2)29-18-6-4-17(5-7-18)24-22(15-26)21-11-10-20(31-25-27-12-3-13-28-25)14-23(21)30(24)19-8-9-19/h3-6,10-14,16,18-19,29H,7-9H2,1-2H3. The summed E-state index contributed by atoms with van der Waals surface area (Å²) in [5.74, 6) is 0.670. The van der Waals surface area contributed by atoms with Gasteiger partial charge in [-0.05, 0) is 43.0 Å². The number of benzene rings is 1. The Morgan fingerprint density at radius 2 is 2.03 bits per heavy atom. The van der Waals surface area contributed by atoms with Crippen LogP contribution in [0.2, 0.25) is 0 Å². The lowest BCUT2D eigenvalue weighted by Crippen LogP contribution is -2.33. The van der Waals surface area contributed by atoms with Gasteiger partial charge in [-0.3, -0.25) is 0 Å². The van der Waals surface area contributed by atoms with Crippen molar-refractivity contribution in [1.82, 2.24) is 19.9 Å². The van der Waals surface area contributed by atoms with E-state index in [1.165, 1.54) is 0 Å². The SMILES string of the molecule is CC(C)NC1C=CC(c2c(C#N)c3ccc(Oc4ncccn4)cc3n2C2CC2)=CC1. The quantitative estimate of drug-likeness (QED) is 0.608. The average molecular weight is 412 g/mol. The van der Waals surface area contributed by atoms with E-state index in [2.05, 4.69) is 58.0 Å². The molecule has 156 valence electrons. The van der Waals surface area contributed by atoms with Crippen molar-refractivity contribution in [2.45, 2.75) is 51.2 Å². The highest BCUT2D eigenvalue weighted by atomic mass is 16.5. The second-order valence-corrected chi connectivity index (χ2v) is 8.43. The zero-order valence-electron chi connectivity index (χ0n) is 17.7. The molecule has 2 heterocycles. The van der Waals surface area contributed by atoms with E-state index in [4.69, 9.17) is 4.74 Å². The van der Waals surface area contributed by atoms with Crippen LogP contribution in [-0.4, -0.2) is 26.6 Å². The minimum atomic E-state index is 0.314. The summed E-state index contributed by atoms with van der Waals surface area (Å²) in [7, 11) is 0. The Balaban J connectivity index is 1.57. The van der Waals surface area contributed by atoms with Gasteiger partial charge in [0.25, 0.3) is 0 Å². The summed E-state index contributed by atoms with van der Waals surface area (Å²) in [5, 5.41) is 14.6. The molecule has 6 nitrogen and oxygen atoms in total. The molecule has 1 aromatic carbocycles. The fraction of sp³-hybridized carbons (Fsp3) is 0.320. The van der Waals surface area contributed by atoms with Crippen LogP contribution in [0.3, 0.4) is 0 Å². The maximum atomic E-state index is 10.1. The first kappa shape index (κ1) is 19.5. The number of aromatic nitrogens is 3. The minimum Gasteiger partial charge on any atom is -0.424 e. The minimum absolute atomic E-state index is 0.314. The molecule has 3 aromatic rings. The first-order chi connectivity index (χ1) is 15.1. The van der Waals surface area contributed by atoms with E-state index in [-0.39, 0.29) is 0 Å². The number of nitrogens with one attached hydrogen (secondary N) is 1. The highest BCUT2D eigenvalue weighted by molar-refractivity contribution is 5.95. The molecular weight excluding hydrogens is 386 g/mol. The lowest BCUT2D eigenvalue weighted by Gasteiger charge is -2.21. The molecule has 2 aromatic heterocycles. The highest BCUT2D eigenvalue weighted by Gasteiger charge is 2.31. The van der Waals surface area contributed by atoms with Crippen LogP contribution in [0.4, 0.5) is 0 Å². The van der Waals surface area contributed by atoms with Crippen molar-refractivity contribution in [3.8, 4) is 17.8 Å². The Labute approximate surface area is 181 Å². The summed E-state index contributed by atoms with van der Waals surface area (Å²) in [6, 6.07) is 11.6. The van der Waals surface area contributed by atoms with Crippen LogP contribution in [0.1, 0.15) is 50.4 Å². The zero-order valence-corrected chi connectivity index (χ0v) is 17.7. The molecule has 6 heteroatoms. The van der Waals surface area contributed by atoms with Gasteiger partial charge in [-0.2, -0.15) is 5.26 Å². The molecule has 0 bridgehead atoms. The molecule has 0 saturated heterocycles. The van der Waals surface area contributed by atoms with Gasteiger partial charge in [-0.15, -0.1) is 0 Å². The second-order valence-electron chi connectivity index (χ2n) is 8.43. The van der Waals surface area contributed by atoms with E-state index in [0.29, 0.717) is 29.9 Å². The van der Waals surface area contributed by atoms with Crippen LogP contribution in [-0.2, 0) is 0 Å². The molecule has 1 unspecified atom stereocenters. The largest absolute Gasteiger partial charge is 0.424 e. The smallest absolute Gasteiger partial charge is 0.321 e. The van der Waals surface area contributed by atoms with Gasteiger partial charge in [0.2, 0.25) is 0 Å². The number of hydrogen-bond acceptors (Lipinski definition) is 5. The van der Waals surface area contributed by atoms with E-state index in [1.54, 1.807) is 18.5 Å². The molecule has 31 heavy (non-hydrogen) atoms. The van der Waals surface area contributed by atoms with Gasteiger partial charge in [-0.1, -0.05) is 32.1 Å². The van der Waals surface area contributed by atoms with Crippen molar-refractivity contribution in [2.75, 3.05) is 0 Å². The Kier molecular flexibility index (Phi) is 5.05. The third-order valence-electron chi connectivity index (χ3n) is 5.67. The number of fused-ring (bicyclic) bond motifs is 1. The van der Waals surface area contributed by atoms with Crippen molar-refractivity contribution in [1.29, 1.82) is 5.26 Å². The molecule has 0 amide bonds. The maximum absolute atomic E-state index is 10.1. The predicted molar refractivity (Wildman–Crippen MR) is 121 cm³/mol. The number of nitriles is 1. The summed E-state index contributed by atoms with van der Waals surface area (Å²) in [5.41, 5.74) is 3.90. The monoisotopic (exact) mass is 411 g/mol. The highest BCUT2D eigenvalue weighted by Crippen LogP contribution is 2.44. The fourth-order valence-corrected chi connectivity index (χ4v) is 4.25. The Bertz CT molecular complexity index is 1210. The van der Waals surface area contributed by atoms with E-state index >= 15 is 0 Å². The van der Waals surface area contributed by atoms with Crippen LogP contribution >= 0.6 is 0 Å². The van der Waals surface area contributed by atoms with E-state index in [0.717, 1.165) is 47.0 Å². The number of ether oxygens (including phenoxy) is 1. The van der Waals surface area contributed by atoms with Crippen LogP contribution < -0.4 is 10.1 Å². The Morgan fingerprint density at radius 3 is 2.68 bits per heavy atom. The second kappa shape index (κ2) is 8.01.